The zero-order valence-electron chi connectivity index (χ0n) is 11.0. The van der Waals surface area contributed by atoms with E-state index in [0.29, 0.717) is 0 Å². The van der Waals surface area contributed by atoms with Crippen molar-refractivity contribution < 1.29 is 13.6 Å². The lowest BCUT2D eigenvalue weighted by molar-refractivity contribution is 0.102. The van der Waals surface area contributed by atoms with E-state index in [9.17, 15) is 13.6 Å². The summed E-state index contributed by atoms with van der Waals surface area (Å²) >= 11 is 0. The average Bonchev–Trinajstić information content (AvgIpc) is 2.83. The fraction of sp³-hybridized carbons (Fsp3) is 0.0714. The molecule has 0 saturated carbocycles. The summed E-state index contributed by atoms with van der Waals surface area (Å²) in [4.78, 5) is 19.2. The number of nitrogens with one attached hydrogen (secondary N) is 1. The Labute approximate surface area is 118 Å². The maximum atomic E-state index is 13.4. The number of halogens is 2. The first-order valence-corrected chi connectivity index (χ1v) is 6.09. The van der Waals surface area contributed by atoms with Crippen LogP contribution in [-0.2, 0) is 7.05 Å². The summed E-state index contributed by atoms with van der Waals surface area (Å²) in [6, 6.07) is 5.55. The van der Waals surface area contributed by atoms with Crippen molar-refractivity contribution in [2.75, 3.05) is 5.32 Å². The highest BCUT2D eigenvalue weighted by atomic mass is 19.1. The monoisotopic (exact) mass is 288 g/mol. The van der Waals surface area contributed by atoms with E-state index in [1.165, 1.54) is 6.20 Å². The summed E-state index contributed by atoms with van der Waals surface area (Å²) in [6.07, 6.45) is 3.22. The molecule has 3 aromatic heterocycles. The lowest BCUT2D eigenvalue weighted by Crippen LogP contribution is -2.14. The molecule has 0 aliphatic carbocycles. The van der Waals surface area contributed by atoms with Gasteiger partial charge in [-0.05, 0) is 24.3 Å². The molecule has 0 bridgehead atoms. The molecule has 0 spiro atoms. The molecule has 0 aliphatic heterocycles. The van der Waals surface area contributed by atoms with Gasteiger partial charge in [-0.2, -0.15) is 13.8 Å². The normalized spacial score (nSPS) is 10.8. The van der Waals surface area contributed by atoms with Crippen LogP contribution in [0.15, 0.2) is 36.7 Å². The molecular weight excluding hydrogens is 278 g/mol. The minimum absolute atomic E-state index is 0.186. The number of hydrogen-bond acceptors (Lipinski definition) is 3. The van der Waals surface area contributed by atoms with E-state index < -0.39 is 17.8 Å². The van der Waals surface area contributed by atoms with Gasteiger partial charge in [-0.3, -0.25) is 4.79 Å². The van der Waals surface area contributed by atoms with Crippen LogP contribution in [0, 0.1) is 11.9 Å². The van der Waals surface area contributed by atoms with Gasteiger partial charge >= 0.3 is 0 Å². The maximum Gasteiger partial charge on any atom is 0.257 e. The Bertz CT molecular complexity index is 844. The fourth-order valence-electron chi connectivity index (χ4n) is 1.98. The number of aryl methyl sites for hydroxylation is 1. The number of carbonyl (C=O) groups is 1. The number of fused-ring (bicyclic) bond motifs is 1. The largest absolute Gasteiger partial charge is 0.336 e. The Morgan fingerprint density at radius 1 is 1.29 bits per heavy atom. The molecule has 3 aromatic rings. The van der Waals surface area contributed by atoms with Gasteiger partial charge in [0.05, 0.1) is 11.3 Å². The summed E-state index contributed by atoms with van der Waals surface area (Å²) in [7, 11) is 1.84. The highest BCUT2D eigenvalue weighted by Crippen LogP contribution is 2.16. The van der Waals surface area contributed by atoms with E-state index in [4.69, 9.17) is 0 Å². The molecule has 0 atom stereocenters. The second-order valence-corrected chi connectivity index (χ2v) is 4.49. The topological polar surface area (TPSA) is 59.8 Å². The molecule has 5 nitrogen and oxygen atoms in total. The number of nitrogens with zero attached hydrogens (tertiary/aromatic N) is 3. The van der Waals surface area contributed by atoms with Crippen molar-refractivity contribution in [3.63, 3.8) is 0 Å². The predicted octanol–water partition coefficient (Wildman–Crippen LogP) is 2.50. The number of anilines is 1. The van der Waals surface area contributed by atoms with Gasteiger partial charge < -0.3 is 9.88 Å². The SMILES string of the molecule is Cn1ccc2cc(C(=O)Nc3ccc(F)nc3F)cnc21. The predicted molar refractivity (Wildman–Crippen MR) is 72.8 cm³/mol. The minimum Gasteiger partial charge on any atom is -0.336 e. The van der Waals surface area contributed by atoms with Crippen LogP contribution in [0.5, 0.6) is 0 Å². The molecule has 7 heteroatoms. The van der Waals surface area contributed by atoms with E-state index in [0.717, 1.165) is 23.2 Å². The fourth-order valence-corrected chi connectivity index (χ4v) is 1.98. The van der Waals surface area contributed by atoms with Crippen LogP contribution in [0.1, 0.15) is 10.4 Å². The molecule has 0 radical (unpaired) electrons. The number of amides is 1. The molecule has 0 aliphatic rings. The smallest absolute Gasteiger partial charge is 0.257 e. The van der Waals surface area contributed by atoms with Crippen LogP contribution in [0.4, 0.5) is 14.5 Å². The van der Waals surface area contributed by atoms with Crippen LogP contribution in [0.25, 0.3) is 11.0 Å². The van der Waals surface area contributed by atoms with Crippen molar-refractivity contribution >= 4 is 22.6 Å². The third kappa shape index (κ3) is 2.45. The van der Waals surface area contributed by atoms with Crippen LogP contribution in [-0.4, -0.2) is 20.4 Å². The van der Waals surface area contributed by atoms with Gasteiger partial charge in [0.2, 0.25) is 11.9 Å². The summed E-state index contributed by atoms with van der Waals surface area (Å²) < 4.78 is 27.9. The summed E-state index contributed by atoms with van der Waals surface area (Å²) in [5, 5.41) is 3.13. The van der Waals surface area contributed by atoms with Crippen LogP contribution >= 0.6 is 0 Å². The van der Waals surface area contributed by atoms with Crippen LogP contribution in [0.3, 0.4) is 0 Å². The van der Waals surface area contributed by atoms with Gasteiger partial charge in [-0.25, -0.2) is 4.98 Å². The third-order valence-electron chi connectivity index (χ3n) is 3.03. The molecule has 3 heterocycles. The number of carbonyl (C=O) groups excluding carboxylic acids is 1. The van der Waals surface area contributed by atoms with E-state index in [-0.39, 0.29) is 11.3 Å². The van der Waals surface area contributed by atoms with Crippen LogP contribution < -0.4 is 5.32 Å². The summed E-state index contributed by atoms with van der Waals surface area (Å²) in [6.45, 7) is 0. The van der Waals surface area contributed by atoms with Crippen molar-refractivity contribution in [3.8, 4) is 0 Å². The Balaban J connectivity index is 1.89. The lowest BCUT2D eigenvalue weighted by atomic mass is 10.2. The van der Waals surface area contributed by atoms with Gasteiger partial charge in [0.25, 0.3) is 5.91 Å². The van der Waals surface area contributed by atoms with Crippen molar-refractivity contribution in [2.45, 2.75) is 0 Å². The first-order valence-electron chi connectivity index (χ1n) is 6.09. The van der Waals surface area contributed by atoms with Crippen LogP contribution in [0.2, 0.25) is 0 Å². The van der Waals surface area contributed by atoms with Gasteiger partial charge in [0.15, 0.2) is 0 Å². The zero-order chi connectivity index (χ0) is 15.0. The number of rotatable bonds is 2. The number of pyridine rings is 2. The number of hydrogen-bond donors (Lipinski definition) is 1. The van der Waals surface area contributed by atoms with Crippen molar-refractivity contribution in [1.29, 1.82) is 0 Å². The third-order valence-corrected chi connectivity index (χ3v) is 3.03. The Morgan fingerprint density at radius 3 is 2.86 bits per heavy atom. The van der Waals surface area contributed by atoms with E-state index in [1.807, 2.05) is 23.9 Å². The zero-order valence-corrected chi connectivity index (χ0v) is 11.0. The van der Waals surface area contributed by atoms with E-state index >= 15 is 0 Å². The molecule has 0 aromatic carbocycles. The Morgan fingerprint density at radius 2 is 2.10 bits per heavy atom. The van der Waals surface area contributed by atoms with Gasteiger partial charge in [0, 0.05) is 24.8 Å². The molecule has 21 heavy (non-hydrogen) atoms. The van der Waals surface area contributed by atoms with Gasteiger partial charge in [-0.1, -0.05) is 0 Å². The van der Waals surface area contributed by atoms with Crippen molar-refractivity contribution in [1.82, 2.24) is 14.5 Å². The molecule has 1 amide bonds. The number of aromatic nitrogens is 3. The maximum absolute atomic E-state index is 13.4. The van der Waals surface area contributed by atoms with Gasteiger partial charge in [-0.15, -0.1) is 0 Å². The standard InChI is InChI=1S/C14H10F2N4O/c1-20-5-4-8-6-9(7-17-13(8)20)14(21)18-10-2-3-11(15)19-12(10)16/h2-7H,1H3,(H,18,21). The minimum atomic E-state index is -1.07. The average molecular weight is 288 g/mol. The van der Waals surface area contributed by atoms with Gasteiger partial charge in [0.1, 0.15) is 5.65 Å². The molecule has 3 rings (SSSR count). The van der Waals surface area contributed by atoms with E-state index in [1.54, 1.807) is 6.07 Å². The second kappa shape index (κ2) is 4.93. The van der Waals surface area contributed by atoms with Crippen molar-refractivity contribution in [3.05, 3.63) is 54.1 Å². The quantitative estimate of drug-likeness (QED) is 0.737. The van der Waals surface area contributed by atoms with Crippen molar-refractivity contribution in [2.24, 2.45) is 7.05 Å². The Kier molecular flexibility index (Phi) is 3.09. The Hall–Kier alpha value is -2.83. The highest BCUT2D eigenvalue weighted by molar-refractivity contribution is 6.05. The highest BCUT2D eigenvalue weighted by Gasteiger charge is 2.12. The first kappa shape index (κ1) is 13.2. The van der Waals surface area contributed by atoms with E-state index in [2.05, 4.69) is 15.3 Å². The summed E-state index contributed by atoms with van der Waals surface area (Å²) in [5.74, 6) is -2.56. The molecule has 0 saturated heterocycles. The molecule has 1 N–H and O–H groups in total. The lowest BCUT2D eigenvalue weighted by Gasteiger charge is -2.06. The molecule has 0 unspecified atom stereocenters. The molecular formula is C14H10F2N4O. The molecule has 0 fully saturated rings. The summed E-state index contributed by atoms with van der Waals surface area (Å²) in [5.41, 5.74) is 0.827. The first-order chi connectivity index (χ1) is 10.0. The molecule has 106 valence electrons. The second-order valence-electron chi connectivity index (χ2n) is 4.49.